The molecule has 172 valence electrons. The number of carbonyl (C=O) groups is 2. The molecule has 0 radical (unpaired) electrons. The number of aryl methyl sites for hydroxylation is 1. The second-order valence-corrected chi connectivity index (χ2v) is 8.85. The Morgan fingerprint density at radius 3 is 2.52 bits per heavy atom. The van der Waals surface area contributed by atoms with Gasteiger partial charge in [0.1, 0.15) is 5.58 Å². The van der Waals surface area contributed by atoms with E-state index in [1.54, 1.807) is 0 Å². The van der Waals surface area contributed by atoms with Crippen molar-refractivity contribution >= 4 is 22.8 Å². The van der Waals surface area contributed by atoms with Crippen molar-refractivity contribution in [2.75, 3.05) is 20.2 Å². The molecular formula is C27H29NO5. The Kier molecular flexibility index (Phi) is 6.63. The Bertz CT molecular complexity index is 1240. The molecule has 1 atom stereocenters. The number of nitrogens with zero attached hydrogens (tertiary/aromatic N) is 1. The molecule has 6 nitrogen and oxygen atoms in total. The molecule has 33 heavy (non-hydrogen) atoms. The lowest BCUT2D eigenvalue weighted by Gasteiger charge is -2.32. The minimum Gasteiger partial charge on any atom is -0.469 e. The first-order valence-corrected chi connectivity index (χ1v) is 11.4. The molecule has 0 spiro atoms. The molecule has 1 amide bonds. The summed E-state index contributed by atoms with van der Waals surface area (Å²) in [5.74, 6) is -0.463. The summed E-state index contributed by atoms with van der Waals surface area (Å²) < 4.78 is 10.3. The molecule has 4 rings (SSSR count). The van der Waals surface area contributed by atoms with E-state index in [9.17, 15) is 14.4 Å². The lowest BCUT2D eigenvalue weighted by molar-refractivity contribution is -0.149. The van der Waals surface area contributed by atoms with Crippen LogP contribution in [-0.4, -0.2) is 37.0 Å². The monoisotopic (exact) mass is 447 g/mol. The third-order valence-corrected chi connectivity index (χ3v) is 6.55. The number of methoxy groups -OCH3 is 1. The standard InChI is InChI=1S/C27H29NO5/c1-17-6-4-5-7-21(17)23-16-25(29)33-24-15-19(8-9-22(23)24)14-18(2)26(30)28-12-10-20(11-13-28)27(31)32-3/h4-9,15-16,18,20H,10-14H2,1-3H3. The molecule has 2 heterocycles. The van der Waals surface area contributed by atoms with Crippen LogP contribution in [-0.2, 0) is 20.7 Å². The van der Waals surface area contributed by atoms with Crippen LogP contribution in [0, 0.1) is 18.8 Å². The molecule has 1 fully saturated rings. The summed E-state index contributed by atoms with van der Waals surface area (Å²) in [6.07, 6.45) is 1.81. The molecule has 0 saturated carbocycles. The number of fused-ring (bicyclic) bond motifs is 1. The van der Waals surface area contributed by atoms with Crippen molar-refractivity contribution < 1.29 is 18.7 Å². The predicted octanol–water partition coefficient (Wildman–Crippen LogP) is 4.36. The number of ether oxygens (including phenoxy) is 1. The molecule has 0 bridgehead atoms. The third-order valence-electron chi connectivity index (χ3n) is 6.55. The zero-order chi connectivity index (χ0) is 23.5. The Morgan fingerprint density at radius 1 is 1.09 bits per heavy atom. The SMILES string of the molecule is COC(=O)C1CCN(C(=O)C(C)Cc2ccc3c(-c4ccccc4C)cc(=O)oc3c2)CC1. The number of hydrogen-bond acceptors (Lipinski definition) is 5. The lowest BCUT2D eigenvalue weighted by Crippen LogP contribution is -2.43. The number of esters is 1. The van der Waals surface area contributed by atoms with Gasteiger partial charge in [-0.2, -0.15) is 0 Å². The van der Waals surface area contributed by atoms with Gasteiger partial charge in [0, 0.05) is 36.0 Å². The van der Waals surface area contributed by atoms with E-state index in [2.05, 4.69) is 0 Å². The van der Waals surface area contributed by atoms with E-state index in [1.807, 2.05) is 61.2 Å². The molecule has 1 aliphatic heterocycles. The van der Waals surface area contributed by atoms with E-state index >= 15 is 0 Å². The molecule has 1 saturated heterocycles. The first-order valence-electron chi connectivity index (χ1n) is 11.4. The highest BCUT2D eigenvalue weighted by Crippen LogP contribution is 2.30. The van der Waals surface area contributed by atoms with Crippen LogP contribution in [0.3, 0.4) is 0 Å². The van der Waals surface area contributed by atoms with Crippen LogP contribution < -0.4 is 5.63 Å². The summed E-state index contributed by atoms with van der Waals surface area (Å²) in [5.41, 5.74) is 4.01. The van der Waals surface area contributed by atoms with Crippen LogP contribution in [0.2, 0.25) is 0 Å². The van der Waals surface area contributed by atoms with Crippen molar-refractivity contribution in [3.63, 3.8) is 0 Å². The van der Waals surface area contributed by atoms with Crippen molar-refractivity contribution in [3.05, 3.63) is 70.1 Å². The summed E-state index contributed by atoms with van der Waals surface area (Å²) >= 11 is 0. The quantitative estimate of drug-likeness (QED) is 0.429. The van der Waals surface area contributed by atoms with Gasteiger partial charge in [-0.05, 0) is 48.9 Å². The highest BCUT2D eigenvalue weighted by Gasteiger charge is 2.29. The van der Waals surface area contributed by atoms with E-state index in [1.165, 1.54) is 13.2 Å². The maximum absolute atomic E-state index is 13.0. The number of rotatable bonds is 5. The summed E-state index contributed by atoms with van der Waals surface area (Å²) in [6.45, 7) is 5.06. The normalized spacial score (nSPS) is 15.4. The molecular weight excluding hydrogens is 418 g/mol. The molecule has 1 aliphatic rings. The molecule has 3 aromatic rings. The number of carbonyl (C=O) groups excluding carboxylic acids is 2. The fourth-order valence-corrected chi connectivity index (χ4v) is 4.69. The first kappa shape index (κ1) is 22.8. The van der Waals surface area contributed by atoms with Gasteiger partial charge in [-0.3, -0.25) is 9.59 Å². The number of hydrogen-bond donors (Lipinski definition) is 0. The zero-order valence-corrected chi connectivity index (χ0v) is 19.3. The van der Waals surface area contributed by atoms with E-state index in [0.717, 1.165) is 27.6 Å². The predicted molar refractivity (Wildman–Crippen MR) is 127 cm³/mol. The molecule has 0 N–H and O–H groups in total. The molecule has 1 aromatic heterocycles. The minimum atomic E-state index is -0.393. The van der Waals surface area contributed by atoms with Gasteiger partial charge >= 0.3 is 11.6 Å². The van der Waals surface area contributed by atoms with E-state index < -0.39 is 5.63 Å². The van der Waals surface area contributed by atoms with Crippen molar-refractivity contribution in [1.82, 2.24) is 4.90 Å². The van der Waals surface area contributed by atoms with E-state index in [4.69, 9.17) is 9.15 Å². The Hall–Kier alpha value is -3.41. The van der Waals surface area contributed by atoms with Crippen molar-refractivity contribution in [3.8, 4) is 11.1 Å². The van der Waals surface area contributed by atoms with Crippen LogP contribution in [0.5, 0.6) is 0 Å². The van der Waals surface area contributed by atoms with Gasteiger partial charge in [0.15, 0.2) is 0 Å². The third kappa shape index (κ3) is 4.85. The second kappa shape index (κ2) is 9.61. The number of piperidine rings is 1. The fraction of sp³-hybridized carbons (Fsp3) is 0.370. The Balaban J connectivity index is 1.51. The summed E-state index contributed by atoms with van der Waals surface area (Å²) in [7, 11) is 1.40. The van der Waals surface area contributed by atoms with E-state index in [0.29, 0.717) is 37.9 Å². The largest absolute Gasteiger partial charge is 0.469 e. The van der Waals surface area contributed by atoms with E-state index in [-0.39, 0.29) is 23.7 Å². The average Bonchev–Trinajstić information content (AvgIpc) is 2.82. The van der Waals surface area contributed by atoms with Crippen LogP contribution in [0.15, 0.2) is 57.7 Å². The van der Waals surface area contributed by atoms with Crippen molar-refractivity contribution in [2.45, 2.75) is 33.1 Å². The summed E-state index contributed by atoms with van der Waals surface area (Å²) in [5, 5.41) is 0.872. The van der Waals surface area contributed by atoms with Gasteiger partial charge in [0.25, 0.3) is 0 Å². The van der Waals surface area contributed by atoms with Crippen LogP contribution in [0.1, 0.15) is 30.9 Å². The topological polar surface area (TPSA) is 76.8 Å². The molecule has 2 aromatic carbocycles. The second-order valence-electron chi connectivity index (χ2n) is 8.85. The number of benzene rings is 2. The van der Waals surface area contributed by atoms with Gasteiger partial charge < -0.3 is 14.1 Å². The van der Waals surface area contributed by atoms with Crippen molar-refractivity contribution in [1.29, 1.82) is 0 Å². The first-order chi connectivity index (χ1) is 15.9. The van der Waals surface area contributed by atoms with Gasteiger partial charge in [-0.15, -0.1) is 0 Å². The molecule has 6 heteroatoms. The highest BCUT2D eigenvalue weighted by molar-refractivity contribution is 5.94. The Labute approximate surface area is 193 Å². The fourth-order valence-electron chi connectivity index (χ4n) is 4.69. The van der Waals surface area contributed by atoms with Gasteiger partial charge in [0.05, 0.1) is 13.0 Å². The average molecular weight is 448 g/mol. The Morgan fingerprint density at radius 2 is 1.82 bits per heavy atom. The lowest BCUT2D eigenvalue weighted by atomic mass is 9.93. The van der Waals surface area contributed by atoms with Crippen LogP contribution in [0.25, 0.3) is 22.1 Å². The maximum Gasteiger partial charge on any atom is 0.336 e. The highest BCUT2D eigenvalue weighted by atomic mass is 16.5. The molecule has 1 unspecified atom stereocenters. The minimum absolute atomic E-state index is 0.0773. The van der Waals surface area contributed by atoms with Gasteiger partial charge in [0.2, 0.25) is 5.91 Å². The zero-order valence-electron chi connectivity index (χ0n) is 19.3. The molecule has 0 aliphatic carbocycles. The number of amides is 1. The van der Waals surface area contributed by atoms with Crippen LogP contribution >= 0.6 is 0 Å². The maximum atomic E-state index is 13.0. The summed E-state index contributed by atoms with van der Waals surface area (Å²) in [4.78, 5) is 38.8. The smallest absolute Gasteiger partial charge is 0.336 e. The van der Waals surface area contributed by atoms with Crippen LogP contribution in [0.4, 0.5) is 0 Å². The van der Waals surface area contributed by atoms with Crippen molar-refractivity contribution in [2.24, 2.45) is 11.8 Å². The number of likely N-dealkylation sites (tertiary alicyclic amines) is 1. The summed E-state index contributed by atoms with van der Waals surface area (Å²) in [6, 6.07) is 15.3. The van der Waals surface area contributed by atoms with Gasteiger partial charge in [-0.25, -0.2) is 4.79 Å². The van der Waals surface area contributed by atoms with Gasteiger partial charge in [-0.1, -0.05) is 43.3 Å².